The molecule has 256 valence electrons. The molecule has 5 aliphatic rings. The van der Waals surface area contributed by atoms with Crippen LogP contribution >= 0.6 is 0 Å². The number of nitrogens with zero attached hydrogens (tertiary/aromatic N) is 4. The van der Waals surface area contributed by atoms with Gasteiger partial charge < -0.3 is 14.2 Å². The molecule has 3 aromatic rings. The van der Waals surface area contributed by atoms with Crippen LogP contribution in [0.3, 0.4) is 0 Å². The van der Waals surface area contributed by atoms with Crippen molar-refractivity contribution in [3.63, 3.8) is 0 Å². The second kappa shape index (κ2) is 11.6. The Bertz CT molecular complexity index is 1900. The van der Waals surface area contributed by atoms with Crippen LogP contribution in [0.1, 0.15) is 91.6 Å². The van der Waals surface area contributed by atoms with E-state index in [4.69, 9.17) is 4.74 Å². The van der Waals surface area contributed by atoms with Gasteiger partial charge in [-0.25, -0.2) is 4.72 Å². The molecule has 2 aromatic carbocycles. The van der Waals surface area contributed by atoms with Gasteiger partial charge in [-0.1, -0.05) is 32.3 Å². The normalized spacial score (nSPS) is 26.9. The standard InChI is InChI=1S/C37H47N5O5S/c1-5-40-20-25-12-13-26(21-40)42(25)36(44)37-19-31(37)30-18-27(47-4)14-16-28(30)34-33(23-9-7-6-8-10-23)29-15-11-24(17-32(29)41(34)22-37)35(43)38-48(45,46)39(2)3/h11,14-18,23,25-26,31H,5-10,12-13,19-22H2,1-4H3,(H,38,43)/t25-,26?,31?,37?/m1/s1. The molecule has 3 aliphatic heterocycles. The molecule has 48 heavy (non-hydrogen) atoms. The van der Waals surface area contributed by atoms with Gasteiger partial charge in [-0.05, 0) is 86.0 Å². The predicted molar refractivity (Wildman–Crippen MR) is 185 cm³/mol. The molecule has 2 bridgehead atoms. The Morgan fingerprint density at radius 3 is 2.40 bits per heavy atom. The molecule has 0 radical (unpaired) electrons. The van der Waals surface area contributed by atoms with Gasteiger partial charge in [0.25, 0.3) is 5.91 Å². The molecule has 4 atom stereocenters. The number of hydrogen-bond acceptors (Lipinski definition) is 6. The van der Waals surface area contributed by atoms with Crippen LogP contribution in [0, 0.1) is 5.41 Å². The van der Waals surface area contributed by atoms with Crippen molar-refractivity contribution in [3.05, 3.63) is 53.1 Å². The number of likely N-dealkylation sites (N-methyl/N-ethyl adjacent to an activating group) is 1. The smallest absolute Gasteiger partial charge is 0.303 e. The highest BCUT2D eigenvalue weighted by molar-refractivity contribution is 7.87. The first-order valence-electron chi connectivity index (χ1n) is 17.7. The maximum atomic E-state index is 15.1. The van der Waals surface area contributed by atoms with Gasteiger partial charge in [0.15, 0.2) is 0 Å². The van der Waals surface area contributed by atoms with Crippen LogP contribution in [0.2, 0.25) is 0 Å². The molecule has 11 heteroatoms. The van der Waals surface area contributed by atoms with Gasteiger partial charge in [-0.2, -0.15) is 12.7 Å². The number of nitrogens with one attached hydrogen (secondary N) is 1. The summed E-state index contributed by atoms with van der Waals surface area (Å²) in [4.78, 5) is 33.2. The van der Waals surface area contributed by atoms with E-state index in [2.05, 4.69) is 38.1 Å². The van der Waals surface area contributed by atoms with E-state index in [-0.39, 0.29) is 29.5 Å². The number of carbonyl (C=O) groups is 2. The Morgan fingerprint density at radius 1 is 1.00 bits per heavy atom. The highest BCUT2D eigenvalue weighted by Gasteiger charge is 2.65. The van der Waals surface area contributed by atoms with Gasteiger partial charge in [-0.15, -0.1) is 0 Å². The maximum absolute atomic E-state index is 15.1. The van der Waals surface area contributed by atoms with E-state index in [9.17, 15) is 13.2 Å². The highest BCUT2D eigenvalue weighted by atomic mass is 32.2. The third kappa shape index (κ3) is 4.90. The van der Waals surface area contributed by atoms with Crippen molar-refractivity contribution < 1.29 is 22.7 Å². The predicted octanol–water partition coefficient (Wildman–Crippen LogP) is 5.08. The van der Waals surface area contributed by atoms with Crippen LogP contribution in [0.25, 0.3) is 22.2 Å². The highest BCUT2D eigenvalue weighted by Crippen LogP contribution is 2.66. The molecule has 3 unspecified atom stereocenters. The maximum Gasteiger partial charge on any atom is 0.303 e. The average Bonchev–Trinajstić information content (AvgIpc) is 3.68. The first-order valence-corrected chi connectivity index (χ1v) is 19.1. The molecular weight excluding hydrogens is 627 g/mol. The largest absolute Gasteiger partial charge is 0.497 e. The number of ether oxygens (including phenoxy) is 1. The fourth-order valence-electron chi connectivity index (χ4n) is 9.53. The summed E-state index contributed by atoms with van der Waals surface area (Å²) in [5.41, 5.74) is 5.34. The average molecular weight is 674 g/mol. The minimum atomic E-state index is -3.97. The Kier molecular flexibility index (Phi) is 7.69. The summed E-state index contributed by atoms with van der Waals surface area (Å²) in [5.74, 6) is 0.831. The van der Waals surface area contributed by atoms with Gasteiger partial charge in [0, 0.05) is 73.8 Å². The van der Waals surface area contributed by atoms with E-state index in [1.54, 1.807) is 13.2 Å². The number of rotatable bonds is 7. The number of hydrogen-bond donors (Lipinski definition) is 1. The van der Waals surface area contributed by atoms with Crippen LogP contribution < -0.4 is 9.46 Å². The zero-order valence-electron chi connectivity index (χ0n) is 28.5. The SMILES string of the molecule is CCN1CC2CC[C@H](C1)N2C(=O)C12CC1c1cc(OC)ccc1-c1c(C3CCCCC3)c3ccc(C(=O)NS(=O)(=O)N(C)C)cc3n1C2. The summed E-state index contributed by atoms with van der Waals surface area (Å²) >= 11 is 0. The van der Waals surface area contributed by atoms with Crippen LogP contribution in [0.4, 0.5) is 0 Å². The lowest BCUT2D eigenvalue weighted by atomic mass is 9.81. The number of piperazine rings is 1. The Hall–Kier alpha value is -3.41. The fraction of sp³-hybridized carbons (Fsp3) is 0.568. The van der Waals surface area contributed by atoms with Gasteiger partial charge in [0.1, 0.15) is 5.75 Å². The van der Waals surface area contributed by atoms with Crippen LogP contribution in [-0.4, -0.2) is 91.8 Å². The van der Waals surface area contributed by atoms with E-state index in [0.717, 1.165) is 84.0 Å². The van der Waals surface area contributed by atoms with Crippen molar-refractivity contribution >= 4 is 32.9 Å². The quantitative estimate of drug-likeness (QED) is 0.375. The van der Waals surface area contributed by atoms with Crippen molar-refractivity contribution in [3.8, 4) is 17.0 Å². The minimum Gasteiger partial charge on any atom is -0.497 e. The lowest BCUT2D eigenvalue weighted by Crippen LogP contribution is -2.57. The summed E-state index contributed by atoms with van der Waals surface area (Å²) in [6.45, 7) is 5.60. The van der Waals surface area contributed by atoms with E-state index in [1.807, 2.05) is 18.2 Å². The molecule has 2 saturated carbocycles. The minimum absolute atomic E-state index is 0.0737. The van der Waals surface area contributed by atoms with Crippen LogP contribution in [0.15, 0.2) is 36.4 Å². The third-order valence-electron chi connectivity index (χ3n) is 12.2. The van der Waals surface area contributed by atoms with E-state index >= 15 is 4.79 Å². The zero-order chi connectivity index (χ0) is 33.5. The number of amides is 2. The molecule has 1 aromatic heterocycles. The summed E-state index contributed by atoms with van der Waals surface area (Å²) < 4.78 is 36.5. The zero-order valence-corrected chi connectivity index (χ0v) is 29.3. The van der Waals surface area contributed by atoms with Gasteiger partial charge in [0.2, 0.25) is 5.91 Å². The van der Waals surface area contributed by atoms with Crippen molar-refractivity contribution in [2.75, 3.05) is 40.8 Å². The number of likely N-dealkylation sites (tertiary alicyclic amines) is 1. The lowest BCUT2D eigenvalue weighted by molar-refractivity contribution is -0.143. The van der Waals surface area contributed by atoms with E-state index in [1.165, 1.54) is 44.5 Å². The summed E-state index contributed by atoms with van der Waals surface area (Å²) in [7, 11) is 0.520. The Balaban J connectivity index is 1.31. The first-order chi connectivity index (χ1) is 23.1. The Labute approximate surface area is 283 Å². The van der Waals surface area contributed by atoms with Crippen molar-refractivity contribution in [2.24, 2.45) is 5.41 Å². The second-order valence-corrected chi connectivity index (χ2v) is 16.8. The Morgan fingerprint density at radius 2 is 1.73 bits per heavy atom. The number of aromatic nitrogens is 1. The molecule has 2 amide bonds. The first kappa shape index (κ1) is 31.8. The van der Waals surface area contributed by atoms with Crippen molar-refractivity contribution in [1.82, 2.24) is 23.4 Å². The summed E-state index contributed by atoms with van der Waals surface area (Å²) in [6, 6.07) is 12.4. The molecule has 1 N–H and O–H groups in total. The topological polar surface area (TPSA) is 104 Å². The summed E-state index contributed by atoms with van der Waals surface area (Å²) in [6.07, 6.45) is 8.65. The third-order valence-corrected chi connectivity index (χ3v) is 13.6. The number of carbonyl (C=O) groups excluding carboxylic acids is 2. The van der Waals surface area contributed by atoms with Crippen LogP contribution in [0.5, 0.6) is 5.75 Å². The molecule has 10 nitrogen and oxygen atoms in total. The number of benzene rings is 2. The lowest BCUT2D eigenvalue weighted by Gasteiger charge is -2.42. The molecule has 4 heterocycles. The van der Waals surface area contributed by atoms with Crippen molar-refractivity contribution in [2.45, 2.75) is 88.8 Å². The van der Waals surface area contributed by atoms with Crippen LogP contribution in [-0.2, 0) is 21.5 Å². The molecular formula is C37H47N5O5S. The molecule has 2 aliphatic carbocycles. The van der Waals surface area contributed by atoms with Gasteiger partial charge >= 0.3 is 10.2 Å². The second-order valence-electron chi connectivity index (χ2n) is 14.9. The molecule has 8 rings (SSSR count). The van der Waals surface area contributed by atoms with Crippen molar-refractivity contribution in [1.29, 1.82) is 0 Å². The van der Waals surface area contributed by atoms with Gasteiger partial charge in [-0.3, -0.25) is 14.5 Å². The number of methoxy groups -OCH3 is 1. The number of fused-ring (bicyclic) bond motifs is 9. The fourth-order valence-corrected chi connectivity index (χ4v) is 10.1. The van der Waals surface area contributed by atoms with E-state index in [0.29, 0.717) is 12.5 Å². The van der Waals surface area contributed by atoms with E-state index < -0.39 is 21.5 Å². The molecule has 4 fully saturated rings. The molecule has 0 spiro atoms. The summed E-state index contributed by atoms with van der Waals surface area (Å²) in [5, 5.41) is 1.09. The molecule has 2 saturated heterocycles. The monoisotopic (exact) mass is 673 g/mol. The van der Waals surface area contributed by atoms with Gasteiger partial charge in [0.05, 0.1) is 18.2 Å².